The smallest absolute Gasteiger partial charge is 0.345 e. The number of nitrogens with zero attached hydrogens (tertiary/aromatic N) is 4. The van der Waals surface area contributed by atoms with E-state index in [0.717, 1.165) is 22.6 Å². The number of H-pyrrole nitrogens is 1. The summed E-state index contributed by atoms with van der Waals surface area (Å²) in [5.41, 5.74) is 2.85. The molecule has 0 unspecified atom stereocenters. The van der Waals surface area contributed by atoms with Crippen LogP contribution in [0.3, 0.4) is 0 Å². The van der Waals surface area contributed by atoms with Gasteiger partial charge in [-0.15, -0.1) is 0 Å². The number of carbonyl (C=O) groups excluding carboxylic acids is 1. The number of rotatable bonds is 6. The quantitative estimate of drug-likeness (QED) is 0.694. The Bertz CT molecular complexity index is 936. The maximum atomic E-state index is 12.2. The van der Waals surface area contributed by atoms with Gasteiger partial charge in [-0.3, -0.25) is 9.36 Å². The molecule has 0 aliphatic rings. The Morgan fingerprint density at radius 1 is 1.31 bits per heavy atom. The van der Waals surface area contributed by atoms with Crippen LogP contribution in [0.4, 0.5) is 0 Å². The molecule has 0 fully saturated rings. The van der Waals surface area contributed by atoms with Gasteiger partial charge in [0, 0.05) is 48.5 Å². The van der Waals surface area contributed by atoms with E-state index in [0.29, 0.717) is 25.1 Å². The van der Waals surface area contributed by atoms with Gasteiger partial charge in [-0.05, 0) is 31.9 Å². The first-order valence-corrected chi connectivity index (χ1v) is 8.30. The molecule has 0 aromatic carbocycles. The highest BCUT2D eigenvalue weighted by atomic mass is 16.1. The minimum absolute atomic E-state index is 0.0737. The molecule has 0 spiro atoms. The van der Waals surface area contributed by atoms with Crippen LogP contribution in [0.5, 0.6) is 0 Å². The minimum Gasteiger partial charge on any atom is -0.352 e. The van der Waals surface area contributed by atoms with Crippen LogP contribution in [0.1, 0.15) is 28.9 Å². The fraction of sp³-hybridized carbons (Fsp3) is 0.278. The zero-order valence-electron chi connectivity index (χ0n) is 14.7. The highest BCUT2D eigenvalue weighted by Gasteiger charge is 2.10. The Balaban J connectivity index is 1.62. The van der Waals surface area contributed by atoms with Crippen LogP contribution in [-0.4, -0.2) is 30.4 Å². The van der Waals surface area contributed by atoms with Crippen LogP contribution in [0.15, 0.2) is 41.8 Å². The molecule has 26 heavy (non-hydrogen) atoms. The van der Waals surface area contributed by atoms with E-state index in [9.17, 15) is 9.59 Å². The van der Waals surface area contributed by atoms with Crippen molar-refractivity contribution in [1.82, 2.24) is 29.8 Å². The molecule has 2 N–H and O–H groups in total. The van der Waals surface area contributed by atoms with Gasteiger partial charge in [0.15, 0.2) is 0 Å². The lowest BCUT2D eigenvalue weighted by atomic mass is 10.1. The number of aryl methyl sites for hydroxylation is 2. The SMILES string of the molecule is Cc1nc(=O)[nH]c(C)c1CCC(=O)NCc1cccnc1-n1ccnc1. The second-order valence-corrected chi connectivity index (χ2v) is 5.96. The lowest BCUT2D eigenvalue weighted by molar-refractivity contribution is -0.121. The number of hydrogen-bond acceptors (Lipinski definition) is 5. The summed E-state index contributed by atoms with van der Waals surface area (Å²) in [4.78, 5) is 38.5. The predicted molar refractivity (Wildman–Crippen MR) is 95.9 cm³/mol. The van der Waals surface area contributed by atoms with Crippen molar-refractivity contribution < 1.29 is 4.79 Å². The number of imidazole rings is 1. The molecular weight excluding hydrogens is 332 g/mol. The maximum absolute atomic E-state index is 12.2. The topological polar surface area (TPSA) is 106 Å². The largest absolute Gasteiger partial charge is 0.352 e. The Morgan fingerprint density at radius 2 is 2.15 bits per heavy atom. The molecule has 0 aliphatic carbocycles. The van der Waals surface area contributed by atoms with Crippen LogP contribution < -0.4 is 11.0 Å². The van der Waals surface area contributed by atoms with E-state index in [-0.39, 0.29) is 11.6 Å². The van der Waals surface area contributed by atoms with Crippen LogP contribution in [0.25, 0.3) is 5.82 Å². The average molecular weight is 352 g/mol. The van der Waals surface area contributed by atoms with Gasteiger partial charge in [0.25, 0.3) is 0 Å². The minimum atomic E-state index is -0.364. The van der Waals surface area contributed by atoms with Crippen molar-refractivity contribution in [2.45, 2.75) is 33.2 Å². The van der Waals surface area contributed by atoms with E-state index in [1.54, 1.807) is 30.2 Å². The molecule has 0 radical (unpaired) electrons. The van der Waals surface area contributed by atoms with Crippen LogP contribution >= 0.6 is 0 Å². The van der Waals surface area contributed by atoms with Crippen molar-refractivity contribution in [3.63, 3.8) is 0 Å². The lowest BCUT2D eigenvalue weighted by Crippen LogP contribution is -2.24. The molecule has 0 bridgehead atoms. The van der Waals surface area contributed by atoms with Crippen LogP contribution in [0, 0.1) is 13.8 Å². The number of carbonyl (C=O) groups is 1. The standard InChI is InChI=1S/C18H20N6O2/c1-12-15(13(2)23-18(26)22-12)5-6-16(25)21-10-14-4-3-7-20-17(14)24-9-8-19-11-24/h3-4,7-9,11H,5-6,10H2,1-2H3,(H,21,25)(H,22,23,26). The van der Waals surface area contributed by atoms with E-state index >= 15 is 0 Å². The summed E-state index contributed by atoms with van der Waals surface area (Å²) in [6.45, 7) is 3.97. The predicted octanol–water partition coefficient (Wildman–Crippen LogP) is 1.22. The summed E-state index contributed by atoms with van der Waals surface area (Å²) in [6.07, 6.45) is 7.70. The van der Waals surface area contributed by atoms with Gasteiger partial charge in [0.05, 0.1) is 0 Å². The van der Waals surface area contributed by atoms with Gasteiger partial charge >= 0.3 is 5.69 Å². The Labute approximate surface area is 150 Å². The second-order valence-electron chi connectivity index (χ2n) is 5.96. The summed E-state index contributed by atoms with van der Waals surface area (Å²) >= 11 is 0. The molecule has 8 nitrogen and oxygen atoms in total. The van der Waals surface area contributed by atoms with E-state index in [4.69, 9.17) is 0 Å². The highest BCUT2D eigenvalue weighted by molar-refractivity contribution is 5.76. The second kappa shape index (κ2) is 7.73. The number of amides is 1. The number of nitrogens with one attached hydrogen (secondary N) is 2. The van der Waals surface area contributed by atoms with Crippen LogP contribution in [0.2, 0.25) is 0 Å². The summed E-state index contributed by atoms with van der Waals surface area (Å²) in [5, 5.41) is 2.92. The average Bonchev–Trinajstić information content (AvgIpc) is 3.13. The fourth-order valence-corrected chi connectivity index (χ4v) is 2.83. The molecule has 0 atom stereocenters. The number of pyridine rings is 1. The number of hydrogen-bond donors (Lipinski definition) is 2. The zero-order chi connectivity index (χ0) is 18.5. The molecule has 0 saturated carbocycles. The van der Waals surface area contributed by atoms with Gasteiger partial charge in [-0.1, -0.05) is 6.07 Å². The Kier molecular flexibility index (Phi) is 5.21. The molecule has 3 rings (SSSR count). The third kappa shape index (κ3) is 4.02. The van der Waals surface area contributed by atoms with Crippen molar-refractivity contribution in [3.8, 4) is 5.82 Å². The first-order chi connectivity index (χ1) is 12.5. The third-order valence-corrected chi connectivity index (χ3v) is 4.15. The molecule has 0 aliphatic heterocycles. The highest BCUT2D eigenvalue weighted by Crippen LogP contribution is 2.12. The van der Waals surface area contributed by atoms with Gasteiger partial charge in [-0.2, -0.15) is 4.98 Å². The van der Waals surface area contributed by atoms with E-state index in [1.807, 2.05) is 25.3 Å². The molecule has 134 valence electrons. The van der Waals surface area contributed by atoms with E-state index < -0.39 is 0 Å². The first kappa shape index (κ1) is 17.5. The van der Waals surface area contributed by atoms with E-state index in [1.165, 1.54) is 0 Å². The Morgan fingerprint density at radius 3 is 2.88 bits per heavy atom. The molecule has 3 aromatic heterocycles. The summed E-state index contributed by atoms with van der Waals surface area (Å²) in [7, 11) is 0. The van der Waals surface area contributed by atoms with Crippen molar-refractivity contribution >= 4 is 5.91 Å². The molecular formula is C18H20N6O2. The van der Waals surface area contributed by atoms with Crippen molar-refractivity contribution in [2.24, 2.45) is 0 Å². The zero-order valence-corrected chi connectivity index (χ0v) is 14.7. The molecule has 3 heterocycles. The maximum Gasteiger partial charge on any atom is 0.345 e. The number of aromatic nitrogens is 5. The summed E-state index contributed by atoms with van der Waals surface area (Å²) in [5.74, 6) is 0.664. The van der Waals surface area contributed by atoms with Crippen LogP contribution in [-0.2, 0) is 17.8 Å². The summed E-state index contributed by atoms with van der Waals surface area (Å²) in [6, 6.07) is 3.75. The van der Waals surface area contributed by atoms with Gasteiger partial charge < -0.3 is 10.3 Å². The monoisotopic (exact) mass is 352 g/mol. The van der Waals surface area contributed by atoms with Crippen molar-refractivity contribution in [3.05, 3.63) is 70.0 Å². The van der Waals surface area contributed by atoms with Crippen molar-refractivity contribution in [2.75, 3.05) is 0 Å². The fourth-order valence-electron chi connectivity index (χ4n) is 2.83. The van der Waals surface area contributed by atoms with Crippen molar-refractivity contribution in [1.29, 1.82) is 0 Å². The van der Waals surface area contributed by atoms with E-state index in [2.05, 4.69) is 25.3 Å². The normalized spacial score (nSPS) is 10.7. The Hall–Kier alpha value is -3.29. The van der Waals surface area contributed by atoms with Gasteiger partial charge in [0.2, 0.25) is 5.91 Å². The molecule has 0 saturated heterocycles. The molecule has 8 heteroatoms. The summed E-state index contributed by atoms with van der Waals surface area (Å²) < 4.78 is 1.81. The molecule has 1 amide bonds. The lowest BCUT2D eigenvalue weighted by Gasteiger charge is -2.11. The number of aromatic amines is 1. The van der Waals surface area contributed by atoms with Gasteiger partial charge in [-0.25, -0.2) is 14.8 Å². The van der Waals surface area contributed by atoms with Gasteiger partial charge in [0.1, 0.15) is 12.1 Å². The first-order valence-electron chi connectivity index (χ1n) is 8.30. The molecule has 3 aromatic rings. The third-order valence-electron chi connectivity index (χ3n) is 4.15.